The SMILES string of the molecule is N#Cc1c(F)cccc1N1CCN(C(=O)c2cc3cc(Br)ccc3o2)CC1. The van der Waals surface area contributed by atoms with Crippen molar-refractivity contribution in [2.75, 3.05) is 31.1 Å². The summed E-state index contributed by atoms with van der Waals surface area (Å²) in [6.07, 6.45) is 0. The number of carbonyl (C=O) groups excluding carboxylic acids is 1. The predicted octanol–water partition coefficient (Wildman–Crippen LogP) is 4.17. The van der Waals surface area contributed by atoms with Crippen molar-refractivity contribution < 1.29 is 13.6 Å². The molecule has 0 saturated carbocycles. The minimum absolute atomic E-state index is 0.0418. The van der Waals surface area contributed by atoms with Gasteiger partial charge in [0, 0.05) is 36.0 Å². The van der Waals surface area contributed by atoms with Crippen LogP contribution in [0.5, 0.6) is 0 Å². The van der Waals surface area contributed by atoms with E-state index in [0.29, 0.717) is 43.2 Å². The van der Waals surface area contributed by atoms with Crippen LogP contribution in [-0.2, 0) is 0 Å². The Kier molecular flexibility index (Phi) is 4.58. The number of anilines is 1. The van der Waals surface area contributed by atoms with E-state index in [-0.39, 0.29) is 11.5 Å². The Morgan fingerprint density at radius 1 is 1.15 bits per heavy atom. The quantitative estimate of drug-likeness (QED) is 0.615. The Bertz CT molecular complexity index is 1060. The minimum atomic E-state index is -0.526. The number of rotatable bonds is 2. The molecule has 5 nitrogen and oxygen atoms in total. The molecule has 136 valence electrons. The van der Waals surface area contributed by atoms with Crippen molar-refractivity contribution in [1.82, 2.24) is 4.90 Å². The van der Waals surface area contributed by atoms with Gasteiger partial charge >= 0.3 is 0 Å². The van der Waals surface area contributed by atoms with E-state index in [9.17, 15) is 14.4 Å². The number of nitrogens with zero attached hydrogens (tertiary/aromatic N) is 3. The summed E-state index contributed by atoms with van der Waals surface area (Å²) in [6.45, 7) is 1.99. The molecule has 1 fully saturated rings. The number of amides is 1. The van der Waals surface area contributed by atoms with Crippen LogP contribution in [0.4, 0.5) is 10.1 Å². The zero-order valence-corrected chi connectivity index (χ0v) is 15.9. The number of hydrogen-bond donors (Lipinski definition) is 0. The summed E-state index contributed by atoms with van der Waals surface area (Å²) in [4.78, 5) is 16.4. The van der Waals surface area contributed by atoms with Gasteiger partial charge in [-0.2, -0.15) is 5.26 Å². The molecule has 4 rings (SSSR count). The molecule has 0 unspecified atom stereocenters. The molecule has 0 N–H and O–H groups in total. The number of piperazine rings is 1. The van der Waals surface area contributed by atoms with Gasteiger partial charge in [-0.25, -0.2) is 4.39 Å². The topological polar surface area (TPSA) is 60.5 Å². The third-order valence-electron chi connectivity index (χ3n) is 4.70. The van der Waals surface area contributed by atoms with Crippen LogP contribution in [0, 0.1) is 17.1 Å². The fourth-order valence-electron chi connectivity index (χ4n) is 3.31. The normalized spacial score (nSPS) is 14.4. The number of fused-ring (bicyclic) bond motifs is 1. The minimum Gasteiger partial charge on any atom is -0.451 e. The zero-order valence-electron chi connectivity index (χ0n) is 14.3. The summed E-state index contributed by atoms with van der Waals surface area (Å²) < 4.78 is 20.4. The van der Waals surface area contributed by atoms with E-state index in [1.807, 2.05) is 29.2 Å². The Hall–Kier alpha value is -2.85. The molecule has 7 heteroatoms. The highest BCUT2D eigenvalue weighted by atomic mass is 79.9. The smallest absolute Gasteiger partial charge is 0.289 e. The molecule has 0 bridgehead atoms. The second-order valence-electron chi connectivity index (χ2n) is 6.32. The molecule has 1 aliphatic heterocycles. The van der Waals surface area contributed by atoms with E-state index in [2.05, 4.69) is 15.9 Å². The molecular formula is C20H15BrFN3O2. The van der Waals surface area contributed by atoms with Gasteiger partial charge in [0.2, 0.25) is 0 Å². The molecule has 0 aliphatic carbocycles. The number of carbonyl (C=O) groups is 1. The Morgan fingerprint density at radius 2 is 1.93 bits per heavy atom. The van der Waals surface area contributed by atoms with Gasteiger partial charge < -0.3 is 14.2 Å². The average molecular weight is 428 g/mol. The van der Waals surface area contributed by atoms with Crippen molar-refractivity contribution in [2.24, 2.45) is 0 Å². The summed E-state index contributed by atoms with van der Waals surface area (Å²) >= 11 is 3.41. The Morgan fingerprint density at radius 3 is 2.67 bits per heavy atom. The molecule has 0 atom stereocenters. The maximum Gasteiger partial charge on any atom is 0.289 e. The molecule has 1 aromatic heterocycles. The average Bonchev–Trinajstić information content (AvgIpc) is 3.10. The Labute approximate surface area is 163 Å². The van der Waals surface area contributed by atoms with Crippen molar-refractivity contribution in [1.29, 1.82) is 5.26 Å². The number of halogens is 2. The first kappa shape index (κ1) is 17.6. The van der Waals surface area contributed by atoms with E-state index >= 15 is 0 Å². The van der Waals surface area contributed by atoms with Gasteiger partial charge in [-0.05, 0) is 36.4 Å². The fraction of sp³-hybridized carbons (Fsp3) is 0.200. The van der Waals surface area contributed by atoms with Crippen LogP contribution in [0.2, 0.25) is 0 Å². The van der Waals surface area contributed by atoms with Crippen LogP contribution in [0.3, 0.4) is 0 Å². The third-order valence-corrected chi connectivity index (χ3v) is 5.19. The summed E-state index contributed by atoms with van der Waals surface area (Å²) in [5.74, 6) is -0.385. The summed E-state index contributed by atoms with van der Waals surface area (Å²) in [7, 11) is 0. The van der Waals surface area contributed by atoms with Crippen LogP contribution >= 0.6 is 15.9 Å². The van der Waals surface area contributed by atoms with E-state index < -0.39 is 5.82 Å². The molecular weight excluding hydrogens is 413 g/mol. The lowest BCUT2D eigenvalue weighted by Crippen LogP contribution is -2.49. The highest BCUT2D eigenvalue weighted by Crippen LogP contribution is 2.26. The number of furan rings is 1. The standard InChI is InChI=1S/C20H15BrFN3O2/c21-14-4-5-18-13(10-14)11-19(27-18)20(26)25-8-6-24(7-9-25)17-3-1-2-16(22)15(17)12-23/h1-5,10-11H,6-9H2. The Balaban J connectivity index is 1.49. The molecule has 0 radical (unpaired) electrons. The number of hydrogen-bond acceptors (Lipinski definition) is 4. The molecule has 1 amide bonds. The van der Waals surface area contributed by atoms with Gasteiger partial charge in [0.15, 0.2) is 5.76 Å². The van der Waals surface area contributed by atoms with Crippen molar-refractivity contribution >= 4 is 38.5 Å². The lowest BCUT2D eigenvalue weighted by atomic mass is 10.1. The predicted molar refractivity (Wildman–Crippen MR) is 103 cm³/mol. The third kappa shape index (κ3) is 3.28. The molecule has 3 aromatic rings. The van der Waals surface area contributed by atoms with E-state index in [4.69, 9.17) is 4.42 Å². The highest BCUT2D eigenvalue weighted by Gasteiger charge is 2.26. The highest BCUT2D eigenvalue weighted by molar-refractivity contribution is 9.10. The van der Waals surface area contributed by atoms with E-state index in [1.54, 1.807) is 23.1 Å². The van der Waals surface area contributed by atoms with Crippen LogP contribution in [0.1, 0.15) is 16.1 Å². The molecule has 0 spiro atoms. The fourth-order valence-corrected chi connectivity index (χ4v) is 3.69. The van der Waals surface area contributed by atoms with Crippen LogP contribution < -0.4 is 4.90 Å². The largest absolute Gasteiger partial charge is 0.451 e. The van der Waals surface area contributed by atoms with Gasteiger partial charge in [-0.1, -0.05) is 22.0 Å². The lowest BCUT2D eigenvalue weighted by Gasteiger charge is -2.36. The van der Waals surface area contributed by atoms with Gasteiger partial charge in [0.1, 0.15) is 23.0 Å². The monoisotopic (exact) mass is 427 g/mol. The first-order valence-electron chi connectivity index (χ1n) is 8.49. The molecule has 2 aromatic carbocycles. The zero-order chi connectivity index (χ0) is 19.0. The first-order chi connectivity index (χ1) is 13.1. The maximum absolute atomic E-state index is 13.8. The second kappa shape index (κ2) is 7.05. The van der Waals surface area contributed by atoms with E-state index in [0.717, 1.165) is 9.86 Å². The van der Waals surface area contributed by atoms with Crippen molar-refractivity contribution in [3.63, 3.8) is 0 Å². The van der Waals surface area contributed by atoms with Gasteiger partial charge in [-0.3, -0.25) is 4.79 Å². The van der Waals surface area contributed by atoms with Crippen molar-refractivity contribution in [3.05, 3.63) is 64.1 Å². The van der Waals surface area contributed by atoms with E-state index in [1.165, 1.54) is 6.07 Å². The van der Waals surface area contributed by atoms with Crippen LogP contribution in [0.25, 0.3) is 11.0 Å². The van der Waals surface area contributed by atoms with Crippen molar-refractivity contribution in [3.8, 4) is 6.07 Å². The van der Waals surface area contributed by atoms with Gasteiger partial charge in [-0.15, -0.1) is 0 Å². The number of benzene rings is 2. The van der Waals surface area contributed by atoms with Crippen molar-refractivity contribution in [2.45, 2.75) is 0 Å². The van der Waals surface area contributed by atoms with Gasteiger partial charge in [0.25, 0.3) is 5.91 Å². The molecule has 2 heterocycles. The van der Waals surface area contributed by atoms with Crippen LogP contribution in [0.15, 0.2) is 51.4 Å². The van der Waals surface area contributed by atoms with Crippen LogP contribution in [-0.4, -0.2) is 37.0 Å². The molecule has 1 aliphatic rings. The summed E-state index contributed by atoms with van der Waals surface area (Å²) in [6, 6.07) is 13.9. The summed E-state index contributed by atoms with van der Waals surface area (Å²) in [5.41, 5.74) is 1.27. The molecule has 1 saturated heterocycles. The maximum atomic E-state index is 13.8. The number of nitriles is 1. The van der Waals surface area contributed by atoms with Gasteiger partial charge in [0.05, 0.1) is 5.69 Å². The molecule has 27 heavy (non-hydrogen) atoms. The second-order valence-corrected chi connectivity index (χ2v) is 7.23. The summed E-state index contributed by atoms with van der Waals surface area (Å²) in [5, 5.41) is 10.1. The lowest BCUT2D eigenvalue weighted by molar-refractivity contribution is 0.0717. The first-order valence-corrected chi connectivity index (χ1v) is 9.28.